The van der Waals surface area contributed by atoms with Gasteiger partial charge in [0.1, 0.15) is 0 Å². The summed E-state index contributed by atoms with van der Waals surface area (Å²) in [6.45, 7) is 36.7. The fraction of sp³-hybridized carbons (Fsp3) is 0.380. The van der Waals surface area contributed by atoms with E-state index in [1.165, 1.54) is 99.4 Å². The zero-order valence-corrected chi connectivity index (χ0v) is 39.3. The molecule has 0 aromatic heterocycles. The van der Waals surface area contributed by atoms with Gasteiger partial charge in [-0.05, 0) is 73.6 Å². The van der Waals surface area contributed by atoms with Gasteiger partial charge in [-0.2, -0.15) is 19.1 Å². The Morgan fingerprint density at radius 1 is 0.509 bits per heavy atom. The summed E-state index contributed by atoms with van der Waals surface area (Å²) in [5.41, 5.74) is 20.1. The van der Waals surface area contributed by atoms with E-state index in [0.717, 1.165) is 12.8 Å². The van der Waals surface area contributed by atoms with Crippen LogP contribution in [0.1, 0.15) is 118 Å². The fourth-order valence-electron chi connectivity index (χ4n) is 7.34. The first-order valence-electron chi connectivity index (χ1n) is 19.2. The van der Waals surface area contributed by atoms with Gasteiger partial charge < -0.3 is 6.92 Å². The van der Waals surface area contributed by atoms with Crippen molar-refractivity contribution in [2.75, 3.05) is 0 Å². The van der Waals surface area contributed by atoms with Crippen molar-refractivity contribution in [3.63, 3.8) is 0 Å². The summed E-state index contributed by atoms with van der Waals surface area (Å²) in [6, 6.07) is 27.9. The third-order valence-electron chi connectivity index (χ3n) is 11.1. The van der Waals surface area contributed by atoms with Gasteiger partial charge in [0.2, 0.25) is 0 Å². The summed E-state index contributed by atoms with van der Waals surface area (Å²) in [4.78, 5) is 0. The molecule has 0 spiro atoms. The van der Waals surface area contributed by atoms with E-state index in [9.17, 15) is 0 Å². The van der Waals surface area contributed by atoms with E-state index in [1.807, 2.05) is 0 Å². The zero-order valence-electron chi connectivity index (χ0n) is 35.3. The molecule has 0 aliphatic heterocycles. The molecule has 0 atom stereocenters. The molecule has 0 aliphatic carbocycles. The Morgan fingerprint density at radius 2 is 0.792 bits per heavy atom. The molecule has 3 heteroatoms. The molecule has 0 radical (unpaired) electrons. The summed E-state index contributed by atoms with van der Waals surface area (Å²) in [6.07, 6.45) is 2.18. The van der Waals surface area contributed by atoms with Crippen molar-refractivity contribution in [3.8, 4) is 22.3 Å². The molecular weight excluding hydrogens is 763 g/mol. The van der Waals surface area contributed by atoms with Crippen molar-refractivity contribution in [1.29, 1.82) is 0 Å². The topological polar surface area (TPSA) is 0 Å². The summed E-state index contributed by atoms with van der Waals surface area (Å²) in [7, 11) is 9.87. The first-order valence-corrected chi connectivity index (χ1v) is 25.5. The molecule has 0 bridgehead atoms. The van der Waals surface area contributed by atoms with Gasteiger partial charge in [0.15, 0.2) is 0 Å². The standard InChI is InChI=1S/2C24H29.C2H5.2ClH.Zr/c2*1-8-18-13-21-16(3)15(2)17(4)23(22(21)14-18)19-9-11-20(12-10-19)24(5,6)7;1-2;;;/h2*9-14H,8H2,1-7H3;1H2,2H3;2*1H;/q3*-1;;;+2/p-2. The van der Waals surface area contributed by atoms with Crippen molar-refractivity contribution in [2.24, 2.45) is 0 Å². The van der Waals surface area contributed by atoms with Crippen molar-refractivity contribution in [2.45, 2.75) is 128 Å². The van der Waals surface area contributed by atoms with Crippen molar-refractivity contribution < 1.29 is 20.8 Å². The molecule has 0 amide bonds. The Balaban J connectivity index is 0.000000255. The van der Waals surface area contributed by atoms with Gasteiger partial charge >= 0.3 is 37.9 Å². The molecule has 0 N–H and O–H groups in total. The van der Waals surface area contributed by atoms with Gasteiger partial charge in [-0.1, -0.05) is 151 Å². The molecule has 0 saturated carbocycles. The molecule has 0 unspecified atom stereocenters. The molecule has 6 aromatic carbocycles. The van der Waals surface area contributed by atoms with E-state index >= 15 is 0 Å². The Bertz CT molecular complexity index is 1950. The van der Waals surface area contributed by atoms with Crippen LogP contribution in [0.3, 0.4) is 0 Å². The van der Waals surface area contributed by atoms with Crippen LogP contribution >= 0.6 is 17.0 Å². The van der Waals surface area contributed by atoms with Crippen LogP contribution < -0.4 is 0 Å². The Labute approximate surface area is 342 Å². The van der Waals surface area contributed by atoms with Crippen LogP contribution in [-0.2, 0) is 44.5 Å². The van der Waals surface area contributed by atoms with Crippen LogP contribution in [-0.4, -0.2) is 0 Å². The van der Waals surface area contributed by atoms with Gasteiger partial charge in [0, 0.05) is 0 Å². The maximum atomic E-state index is 4.93. The number of hydrogen-bond donors (Lipinski definition) is 0. The van der Waals surface area contributed by atoms with Crippen LogP contribution in [0.25, 0.3) is 43.8 Å². The first-order chi connectivity index (χ1) is 24.9. The quantitative estimate of drug-likeness (QED) is 0.155. The molecule has 53 heavy (non-hydrogen) atoms. The Hall–Kier alpha value is -2.44. The number of benzene rings is 4. The van der Waals surface area contributed by atoms with E-state index in [4.69, 9.17) is 17.0 Å². The van der Waals surface area contributed by atoms with E-state index < -0.39 is 20.8 Å². The summed E-state index contributed by atoms with van der Waals surface area (Å²) in [5, 5.41) is 5.67. The molecule has 0 saturated heterocycles. The molecule has 0 heterocycles. The second-order valence-electron chi connectivity index (χ2n) is 16.3. The van der Waals surface area contributed by atoms with Gasteiger partial charge in [-0.3, -0.25) is 0 Å². The van der Waals surface area contributed by atoms with Gasteiger partial charge in [0.25, 0.3) is 0 Å². The molecule has 6 aromatic rings. The van der Waals surface area contributed by atoms with Crippen molar-refractivity contribution in [1.82, 2.24) is 0 Å². The summed E-state index contributed by atoms with van der Waals surface area (Å²) in [5.74, 6) is 0. The molecule has 0 nitrogen and oxygen atoms in total. The maximum absolute atomic E-state index is 4.93. The zero-order chi connectivity index (χ0) is 40.0. The van der Waals surface area contributed by atoms with Crippen molar-refractivity contribution >= 4 is 38.6 Å². The second-order valence-corrected chi connectivity index (χ2v) is 20.0. The van der Waals surface area contributed by atoms with Gasteiger partial charge in [-0.15, -0.1) is 55.9 Å². The molecule has 284 valence electrons. The average molecular weight is 826 g/mol. The Morgan fingerprint density at radius 3 is 1.04 bits per heavy atom. The third kappa shape index (κ3) is 10.1. The van der Waals surface area contributed by atoms with E-state index in [1.54, 1.807) is 6.92 Å². The van der Waals surface area contributed by atoms with Gasteiger partial charge in [0.05, 0.1) is 0 Å². The molecular formula is C50H63Cl2Zr-3. The summed E-state index contributed by atoms with van der Waals surface area (Å²) < 4.78 is 0. The number of fused-ring (bicyclic) bond motifs is 2. The van der Waals surface area contributed by atoms with Crippen LogP contribution in [0.5, 0.6) is 0 Å². The predicted molar refractivity (Wildman–Crippen MR) is 237 cm³/mol. The molecule has 6 rings (SSSR count). The average Bonchev–Trinajstić information content (AvgIpc) is 3.76. The predicted octanol–water partition coefficient (Wildman–Crippen LogP) is 16.2. The third-order valence-corrected chi connectivity index (χ3v) is 11.1. The van der Waals surface area contributed by atoms with Crippen LogP contribution in [0.4, 0.5) is 0 Å². The summed E-state index contributed by atoms with van der Waals surface area (Å²) >= 11 is -0.826. The number of aryl methyl sites for hydroxylation is 4. The van der Waals surface area contributed by atoms with Gasteiger partial charge in [-0.25, -0.2) is 0 Å². The molecule has 0 aliphatic rings. The van der Waals surface area contributed by atoms with Crippen LogP contribution in [0, 0.1) is 48.5 Å². The number of hydrogen-bond acceptors (Lipinski definition) is 0. The molecule has 0 fully saturated rings. The fourth-order valence-corrected chi connectivity index (χ4v) is 7.34. The number of rotatable bonds is 4. The minimum atomic E-state index is -0.826. The van der Waals surface area contributed by atoms with E-state index in [-0.39, 0.29) is 10.8 Å². The Kier molecular flexibility index (Phi) is 16.1. The first kappa shape index (κ1) is 45.0. The SMILES string of the molecule is CCc1cc2c(-c3ccc(C(C)(C)C)cc3)c(C)c(C)c(C)c2[cH-]1.CCc1cc2c(-c3ccc(C(C)(C)C)cc3)c(C)c(C)c(C)c2[cH-]1.[CH2-]C.[Cl][Zr][Cl]. The van der Waals surface area contributed by atoms with E-state index in [0.29, 0.717) is 0 Å². The van der Waals surface area contributed by atoms with Crippen molar-refractivity contribution in [3.05, 3.63) is 135 Å². The normalized spacial score (nSPS) is 11.4. The van der Waals surface area contributed by atoms with Crippen LogP contribution in [0.15, 0.2) is 72.8 Å². The number of halogens is 2. The van der Waals surface area contributed by atoms with E-state index in [2.05, 4.69) is 177 Å². The van der Waals surface area contributed by atoms with Crippen LogP contribution in [0.2, 0.25) is 0 Å². The minimum absolute atomic E-state index is 0.196. The monoisotopic (exact) mass is 823 g/mol. The second kappa shape index (κ2) is 18.9.